The highest BCUT2D eigenvalue weighted by Crippen LogP contribution is 2.62. The molecule has 0 aliphatic carbocycles. The highest BCUT2D eigenvalue weighted by molar-refractivity contribution is 7.00. The fourth-order valence-electron chi connectivity index (χ4n) is 6.29. The SMILES string of the molecule is C[Si](C)(C)C1([Si](C)(C)C)OC1c1ccc(C2OC2([Si](C)(C)C)[Si](C)(C)C)cc1. The molecule has 0 amide bonds. The van der Waals surface area contributed by atoms with Gasteiger partial charge in [-0.2, -0.15) is 0 Å². The monoisotopic (exact) mass is 450 g/mol. The van der Waals surface area contributed by atoms with Crippen molar-refractivity contribution in [1.29, 1.82) is 0 Å². The van der Waals surface area contributed by atoms with Crippen LogP contribution in [0.1, 0.15) is 23.3 Å². The van der Waals surface area contributed by atoms with Crippen molar-refractivity contribution in [3.8, 4) is 0 Å². The maximum absolute atomic E-state index is 6.59. The van der Waals surface area contributed by atoms with Crippen LogP contribution in [0.25, 0.3) is 0 Å². The molecule has 2 saturated heterocycles. The standard InChI is InChI=1S/C22H42O2Si4/c1-25(2,3)21(26(4,5)6)19(23-21)17-13-15-18(16-14-17)20-22(24-20,27(7,8)9)28(10,11)12/h13-16,19-20H,1-12H3. The third kappa shape index (κ3) is 3.14. The summed E-state index contributed by atoms with van der Waals surface area (Å²) in [5, 5.41) is 0. The highest BCUT2D eigenvalue weighted by atomic mass is 28.4. The summed E-state index contributed by atoms with van der Waals surface area (Å²) in [5.74, 6) is 0. The lowest BCUT2D eigenvalue weighted by Crippen LogP contribution is -2.58. The molecule has 2 aliphatic rings. The van der Waals surface area contributed by atoms with Gasteiger partial charge >= 0.3 is 0 Å². The van der Waals surface area contributed by atoms with Crippen molar-refractivity contribution in [3.63, 3.8) is 0 Å². The molecule has 0 bridgehead atoms. The van der Waals surface area contributed by atoms with Crippen molar-refractivity contribution < 1.29 is 9.47 Å². The Hall–Kier alpha value is 0.00753. The summed E-state index contributed by atoms with van der Waals surface area (Å²) in [6.07, 6.45) is 0.609. The Morgan fingerprint density at radius 1 is 0.500 bits per heavy atom. The van der Waals surface area contributed by atoms with E-state index < -0.39 is 32.3 Å². The van der Waals surface area contributed by atoms with Gasteiger partial charge in [0.15, 0.2) is 0 Å². The molecule has 1 aromatic carbocycles. The van der Waals surface area contributed by atoms with E-state index in [2.05, 4.69) is 103 Å². The summed E-state index contributed by atoms with van der Waals surface area (Å²) in [5.41, 5.74) is 2.75. The lowest BCUT2D eigenvalue weighted by molar-refractivity contribution is 0.379. The van der Waals surface area contributed by atoms with Crippen molar-refractivity contribution in [2.45, 2.75) is 100 Å². The van der Waals surface area contributed by atoms with Gasteiger partial charge in [-0.15, -0.1) is 0 Å². The number of hydrogen-bond donors (Lipinski definition) is 0. The van der Waals surface area contributed by atoms with E-state index in [1.54, 1.807) is 0 Å². The van der Waals surface area contributed by atoms with E-state index in [0.29, 0.717) is 12.2 Å². The molecule has 2 fully saturated rings. The van der Waals surface area contributed by atoms with E-state index in [4.69, 9.17) is 9.47 Å². The molecular weight excluding hydrogens is 409 g/mol. The van der Waals surface area contributed by atoms with Crippen LogP contribution in [0.2, 0.25) is 78.6 Å². The van der Waals surface area contributed by atoms with Crippen molar-refractivity contribution in [3.05, 3.63) is 35.4 Å². The van der Waals surface area contributed by atoms with Gasteiger partial charge in [0.25, 0.3) is 0 Å². The van der Waals surface area contributed by atoms with Crippen LogP contribution in [0.4, 0.5) is 0 Å². The molecule has 0 aromatic heterocycles. The lowest BCUT2D eigenvalue weighted by atomic mass is 10.1. The predicted octanol–water partition coefficient (Wildman–Crippen LogP) is 6.82. The molecule has 2 nitrogen and oxygen atoms in total. The Morgan fingerprint density at radius 2 is 0.714 bits per heavy atom. The second kappa shape index (κ2) is 6.26. The van der Waals surface area contributed by atoms with E-state index in [9.17, 15) is 0 Å². The summed E-state index contributed by atoms with van der Waals surface area (Å²) in [6.45, 7) is 29.8. The van der Waals surface area contributed by atoms with Gasteiger partial charge in [-0.05, 0) is 11.1 Å². The molecule has 2 unspecified atom stereocenters. The second-order valence-corrected chi connectivity index (χ2v) is 35.1. The molecular formula is C22H42O2Si4. The molecule has 1 aromatic rings. The Balaban J connectivity index is 1.87. The highest BCUT2D eigenvalue weighted by Gasteiger charge is 2.72. The summed E-state index contributed by atoms with van der Waals surface area (Å²) in [6, 6.07) is 9.34. The van der Waals surface area contributed by atoms with Crippen LogP contribution in [0.15, 0.2) is 24.3 Å². The number of benzene rings is 1. The van der Waals surface area contributed by atoms with E-state index in [-0.39, 0.29) is 9.70 Å². The molecule has 0 radical (unpaired) electrons. The minimum Gasteiger partial charge on any atom is -0.369 e. The first kappa shape index (κ1) is 22.7. The quantitative estimate of drug-likeness (QED) is 0.351. The number of ether oxygens (including phenoxy) is 2. The first-order valence-electron chi connectivity index (χ1n) is 10.9. The molecule has 0 spiro atoms. The van der Waals surface area contributed by atoms with Gasteiger partial charge < -0.3 is 9.47 Å². The Labute approximate surface area is 177 Å². The maximum atomic E-state index is 6.59. The van der Waals surface area contributed by atoms with Crippen LogP contribution in [0.5, 0.6) is 0 Å². The largest absolute Gasteiger partial charge is 0.369 e. The second-order valence-electron chi connectivity index (χ2n) is 13.1. The molecule has 2 heterocycles. The number of epoxide rings is 2. The van der Waals surface area contributed by atoms with Crippen molar-refractivity contribution in [2.75, 3.05) is 0 Å². The van der Waals surface area contributed by atoms with Crippen LogP contribution in [0.3, 0.4) is 0 Å². The van der Waals surface area contributed by atoms with E-state index in [0.717, 1.165) is 0 Å². The predicted molar refractivity (Wildman–Crippen MR) is 133 cm³/mol. The van der Waals surface area contributed by atoms with Crippen LogP contribution in [-0.4, -0.2) is 42.0 Å². The first-order valence-corrected chi connectivity index (χ1v) is 24.9. The summed E-state index contributed by atoms with van der Waals surface area (Å²) in [7, 11) is -5.70. The van der Waals surface area contributed by atoms with Crippen molar-refractivity contribution in [1.82, 2.24) is 0 Å². The minimum atomic E-state index is -1.42. The molecule has 28 heavy (non-hydrogen) atoms. The average molecular weight is 451 g/mol. The van der Waals surface area contributed by atoms with Gasteiger partial charge in [0, 0.05) is 0 Å². The van der Waals surface area contributed by atoms with E-state index in [1.807, 2.05) is 0 Å². The molecule has 6 heteroatoms. The number of rotatable bonds is 6. The lowest BCUT2D eigenvalue weighted by Gasteiger charge is -2.36. The van der Waals surface area contributed by atoms with Crippen LogP contribution in [-0.2, 0) is 9.47 Å². The van der Waals surface area contributed by atoms with Crippen LogP contribution >= 0.6 is 0 Å². The van der Waals surface area contributed by atoms with Crippen molar-refractivity contribution in [2.24, 2.45) is 0 Å². The molecule has 0 saturated carbocycles. The zero-order valence-corrected chi connectivity index (χ0v) is 24.3. The average Bonchev–Trinajstić information content (AvgIpc) is 3.35. The van der Waals surface area contributed by atoms with Crippen LogP contribution in [0, 0.1) is 0 Å². The Kier molecular flexibility index (Phi) is 5.07. The topological polar surface area (TPSA) is 25.1 Å². The Bertz CT molecular complexity index is 652. The zero-order valence-electron chi connectivity index (χ0n) is 20.3. The third-order valence-corrected chi connectivity index (χ3v) is 26.7. The molecule has 2 aliphatic heterocycles. The molecule has 3 rings (SSSR count). The third-order valence-electron chi connectivity index (χ3n) is 7.23. The van der Waals surface area contributed by atoms with Gasteiger partial charge in [-0.1, -0.05) is 103 Å². The van der Waals surface area contributed by atoms with E-state index in [1.165, 1.54) is 11.1 Å². The summed E-state index contributed by atoms with van der Waals surface area (Å²) < 4.78 is 13.2. The van der Waals surface area contributed by atoms with Gasteiger partial charge in [0.2, 0.25) is 0 Å². The molecule has 0 N–H and O–H groups in total. The van der Waals surface area contributed by atoms with Gasteiger partial charge in [-0.25, -0.2) is 0 Å². The first-order chi connectivity index (χ1) is 12.4. The van der Waals surface area contributed by atoms with E-state index >= 15 is 0 Å². The summed E-state index contributed by atoms with van der Waals surface area (Å²) in [4.78, 5) is 0.329. The van der Waals surface area contributed by atoms with Gasteiger partial charge in [0.1, 0.15) is 12.2 Å². The van der Waals surface area contributed by atoms with Gasteiger partial charge in [-0.3, -0.25) is 0 Å². The smallest absolute Gasteiger partial charge is 0.106 e. The fraction of sp³-hybridized carbons (Fsp3) is 0.727. The maximum Gasteiger partial charge on any atom is 0.106 e. The fourth-order valence-corrected chi connectivity index (χ4v) is 30.0. The Morgan fingerprint density at radius 3 is 0.857 bits per heavy atom. The van der Waals surface area contributed by atoms with Crippen molar-refractivity contribution >= 4 is 32.3 Å². The minimum absolute atomic E-state index is 0.165. The summed E-state index contributed by atoms with van der Waals surface area (Å²) >= 11 is 0. The molecule has 2 atom stereocenters. The molecule has 158 valence electrons. The van der Waals surface area contributed by atoms with Gasteiger partial charge in [0.05, 0.1) is 42.0 Å². The zero-order chi connectivity index (χ0) is 21.6. The normalized spacial score (nSPS) is 26.9. The number of hydrogen-bond acceptors (Lipinski definition) is 2. The van der Waals surface area contributed by atoms with Crippen LogP contribution < -0.4 is 0 Å².